The molecule has 0 atom stereocenters. The molecule has 1 amide bonds. The van der Waals surface area contributed by atoms with Crippen LogP contribution < -0.4 is 5.43 Å². The number of nitro groups is 1. The van der Waals surface area contributed by atoms with Crippen LogP contribution in [0.4, 0.5) is 10.5 Å². The smallest absolute Gasteiger partial charge is 0.426 e. The highest BCUT2D eigenvalue weighted by Crippen LogP contribution is 2.36. The number of carbonyl (C=O) groups is 3. The molecule has 38 heavy (non-hydrogen) atoms. The number of hydrogen-bond donors (Lipinski definition) is 1. The van der Waals surface area contributed by atoms with Crippen molar-refractivity contribution >= 4 is 35.7 Å². The van der Waals surface area contributed by atoms with E-state index in [2.05, 4.69) is 5.43 Å². The van der Waals surface area contributed by atoms with E-state index >= 15 is 0 Å². The molecule has 1 aromatic heterocycles. The molecule has 10 nitrogen and oxygen atoms in total. The second-order valence-electron chi connectivity index (χ2n) is 9.28. The van der Waals surface area contributed by atoms with E-state index in [0.717, 1.165) is 0 Å². The van der Waals surface area contributed by atoms with Gasteiger partial charge in [-0.2, -0.15) is 0 Å². The number of allylic oxidation sites excluding steroid dienone is 1. The molecule has 3 rings (SSSR count). The van der Waals surface area contributed by atoms with Crippen LogP contribution in [-0.4, -0.2) is 40.2 Å². The van der Waals surface area contributed by atoms with Crippen LogP contribution in [0.15, 0.2) is 54.6 Å². The minimum atomic E-state index is -0.801. The fourth-order valence-electron chi connectivity index (χ4n) is 3.84. The molecule has 0 unspecified atom stereocenters. The van der Waals surface area contributed by atoms with Crippen LogP contribution in [-0.2, 0) is 14.3 Å². The van der Waals surface area contributed by atoms with Crippen LogP contribution in [0.5, 0.6) is 0 Å². The molecule has 0 fully saturated rings. The van der Waals surface area contributed by atoms with Gasteiger partial charge in [-0.05, 0) is 64.0 Å². The summed E-state index contributed by atoms with van der Waals surface area (Å²) in [6, 6.07) is 14.5. The lowest BCUT2D eigenvalue weighted by Crippen LogP contribution is -2.32. The van der Waals surface area contributed by atoms with Gasteiger partial charge in [-0.15, -0.1) is 0 Å². The number of benzene rings is 2. The quantitative estimate of drug-likeness (QED) is 0.131. The van der Waals surface area contributed by atoms with Crippen molar-refractivity contribution < 1.29 is 28.8 Å². The Hall–Kier alpha value is -4.73. The van der Waals surface area contributed by atoms with Gasteiger partial charge in [0.25, 0.3) is 5.69 Å². The topological polar surface area (TPSA) is 130 Å². The molecular weight excluding hydrogens is 490 g/mol. The van der Waals surface area contributed by atoms with Crippen molar-refractivity contribution in [3.8, 4) is 11.1 Å². The number of amides is 1. The lowest BCUT2D eigenvalue weighted by Gasteiger charge is -2.21. The van der Waals surface area contributed by atoms with Gasteiger partial charge in [0, 0.05) is 23.3 Å². The van der Waals surface area contributed by atoms with Crippen molar-refractivity contribution in [3.63, 3.8) is 0 Å². The van der Waals surface area contributed by atoms with E-state index in [4.69, 9.17) is 9.47 Å². The van der Waals surface area contributed by atoms with Gasteiger partial charge in [0.1, 0.15) is 5.60 Å². The molecule has 0 spiro atoms. The van der Waals surface area contributed by atoms with Crippen LogP contribution in [0.1, 0.15) is 55.0 Å². The van der Waals surface area contributed by atoms with Crippen molar-refractivity contribution in [1.29, 1.82) is 0 Å². The second-order valence-corrected chi connectivity index (χ2v) is 9.28. The van der Waals surface area contributed by atoms with Crippen molar-refractivity contribution in [2.75, 3.05) is 12.0 Å². The Morgan fingerprint density at radius 2 is 1.71 bits per heavy atom. The lowest BCUT2D eigenvalue weighted by atomic mass is 9.97. The Labute approximate surface area is 220 Å². The normalized spacial score (nSPS) is 11.6. The van der Waals surface area contributed by atoms with Gasteiger partial charge >= 0.3 is 12.1 Å². The summed E-state index contributed by atoms with van der Waals surface area (Å²) in [6.07, 6.45) is 1.41. The third kappa shape index (κ3) is 6.33. The molecular formula is C28H29N3O7. The first-order valence-electron chi connectivity index (χ1n) is 11.9. The number of nitro benzene ring substituents is 1. The summed E-state index contributed by atoms with van der Waals surface area (Å²) in [5, 5.41) is 11.2. The maximum absolute atomic E-state index is 13.2. The molecule has 10 heteroatoms. The van der Waals surface area contributed by atoms with E-state index in [1.165, 1.54) is 35.0 Å². The number of nitrogens with one attached hydrogen (secondary N) is 1. The summed E-state index contributed by atoms with van der Waals surface area (Å²) in [5.74, 6) is -0.662. The summed E-state index contributed by atoms with van der Waals surface area (Å²) in [6.45, 7) is 8.50. The van der Waals surface area contributed by atoms with Gasteiger partial charge in [-0.3, -0.25) is 19.6 Å². The minimum Gasteiger partial charge on any atom is -0.462 e. The van der Waals surface area contributed by atoms with E-state index in [9.17, 15) is 24.5 Å². The van der Waals surface area contributed by atoms with Crippen molar-refractivity contribution in [1.82, 2.24) is 4.68 Å². The fourth-order valence-corrected chi connectivity index (χ4v) is 3.84. The largest absolute Gasteiger partial charge is 0.462 e. The molecule has 0 aliphatic heterocycles. The molecule has 0 radical (unpaired) electrons. The lowest BCUT2D eigenvalue weighted by molar-refractivity contribution is -0.384. The van der Waals surface area contributed by atoms with Crippen LogP contribution in [0, 0.1) is 17.0 Å². The highest BCUT2D eigenvalue weighted by molar-refractivity contribution is 6.15. The van der Waals surface area contributed by atoms with Crippen LogP contribution >= 0.6 is 0 Å². The number of aromatic nitrogens is 1. The van der Waals surface area contributed by atoms with Crippen molar-refractivity contribution in [2.24, 2.45) is 0 Å². The fraction of sp³-hybridized carbons (Fsp3) is 0.250. The average molecular weight is 520 g/mol. The summed E-state index contributed by atoms with van der Waals surface area (Å²) in [7, 11) is 0. The summed E-state index contributed by atoms with van der Waals surface area (Å²) < 4.78 is 12.1. The van der Waals surface area contributed by atoms with E-state index in [1.807, 2.05) is 6.07 Å². The number of rotatable bonds is 8. The van der Waals surface area contributed by atoms with E-state index in [0.29, 0.717) is 28.7 Å². The third-order valence-electron chi connectivity index (χ3n) is 5.42. The third-order valence-corrected chi connectivity index (χ3v) is 5.42. The molecule has 1 N–H and O–H groups in total. The molecule has 0 bridgehead atoms. The number of ether oxygens (including phenoxy) is 2. The highest BCUT2D eigenvalue weighted by Gasteiger charge is 2.29. The molecule has 2 aromatic carbocycles. The zero-order valence-corrected chi connectivity index (χ0v) is 21.8. The van der Waals surface area contributed by atoms with Gasteiger partial charge in [0.15, 0.2) is 6.29 Å². The summed E-state index contributed by atoms with van der Waals surface area (Å²) >= 11 is 0. The number of esters is 1. The van der Waals surface area contributed by atoms with E-state index < -0.39 is 22.6 Å². The predicted molar refractivity (Wildman–Crippen MR) is 143 cm³/mol. The van der Waals surface area contributed by atoms with Gasteiger partial charge in [0.05, 0.1) is 28.5 Å². The zero-order chi connectivity index (χ0) is 28.0. The molecule has 0 saturated carbocycles. The predicted octanol–water partition coefficient (Wildman–Crippen LogP) is 5.77. The molecule has 0 aliphatic rings. The number of carbonyl (C=O) groups excluding carboxylic acids is 3. The monoisotopic (exact) mass is 519 g/mol. The van der Waals surface area contributed by atoms with Crippen LogP contribution in [0.25, 0.3) is 22.8 Å². The number of aldehydes is 1. The molecule has 0 saturated heterocycles. The SMILES string of the molecule is CCOC(=O)c1c(-c2ccc([N+](=O)[O-])cc2)c(/C=C(\C=O)c2ccccc2)n(NC(=O)OC(C)(C)C)c1C. The number of nitrogens with zero attached hydrogens (tertiary/aromatic N) is 2. The Morgan fingerprint density at radius 1 is 1.08 bits per heavy atom. The molecule has 3 aromatic rings. The van der Waals surface area contributed by atoms with E-state index in [1.54, 1.807) is 58.9 Å². The Balaban J connectivity index is 2.36. The van der Waals surface area contributed by atoms with Crippen LogP contribution in [0.3, 0.4) is 0 Å². The Bertz CT molecular complexity index is 1380. The van der Waals surface area contributed by atoms with E-state index in [-0.39, 0.29) is 29.1 Å². The van der Waals surface area contributed by atoms with Gasteiger partial charge < -0.3 is 9.47 Å². The van der Waals surface area contributed by atoms with Gasteiger partial charge in [-0.25, -0.2) is 15.0 Å². The first-order valence-corrected chi connectivity index (χ1v) is 11.9. The average Bonchev–Trinajstić information content (AvgIpc) is 3.12. The summed E-state index contributed by atoms with van der Waals surface area (Å²) in [4.78, 5) is 48.8. The first-order chi connectivity index (χ1) is 18.0. The zero-order valence-electron chi connectivity index (χ0n) is 21.8. The maximum Gasteiger partial charge on any atom is 0.426 e. The van der Waals surface area contributed by atoms with Gasteiger partial charge in [-0.1, -0.05) is 30.3 Å². The Kier molecular flexibility index (Phi) is 8.46. The molecule has 0 aliphatic carbocycles. The molecule has 198 valence electrons. The Morgan fingerprint density at radius 3 is 2.24 bits per heavy atom. The van der Waals surface area contributed by atoms with Gasteiger partial charge in [0.2, 0.25) is 0 Å². The number of hydrogen-bond acceptors (Lipinski definition) is 7. The summed E-state index contributed by atoms with van der Waals surface area (Å²) in [5.41, 5.74) is 4.07. The van der Waals surface area contributed by atoms with Crippen molar-refractivity contribution in [2.45, 2.75) is 40.2 Å². The standard InChI is InChI=1S/C28H29N3O7/c1-6-37-26(33)24-18(2)30(29-27(34)38-28(3,4)5)23(16-21(17-32)19-10-8-7-9-11-19)25(24)20-12-14-22(15-13-20)31(35)36/h7-17H,6H2,1-5H3,(H,29,34)/b21-16+. The second kappa shape index (κ2) is 11.5. The molecule has 1 heterocycles. The highest BCUT2D eigenvalue weighted by atomic mass is 16.6. The van der Waals surface area contributed by atoms with Crippen LogP contribution in [0.2, 0.25) is 0 Å². The minimum absolute atomic E-state index is 0.0947. The van der Waals surface area contributed by atoms with Crippen molar-refractivity contribution in [3.05, 3.63) is 87.2 Å². The number of non-ortho nitro benzene ring substituents is 1. The first kappa shape index (κ1) is 27.9. The maximum atomic E-state index is 13.2.